The molecule has 130 valence electrons. The van der Waals surface area contributed by atoms with Crippen molar-refractivity contribution in [1.82, 2.24) is 9.80 Å². The molecule has 0 bridgehead atoms. The van der Waals surface area contributed by atoms with E-state index in [1.807, 2.05) is 6.07 Å². The molecule has 2 aliphatic rings. The van der Waals surface area contributed by atoms with E-state index in [2.05, 4.69) is 0 Å². The lowest BCUT2D eigenvalue weighted by Gasteiger charge is -2.22. The first kappa shape index (κ1) is 16.0. The van der Waals surface area contributed by atoms with Crippen molar-refractivity contribution in [2.75, 3.05) is 13.2 Å². The lowest BCUT2D eigenvalue weighted by atomic mass is 10.1. The number of rotatable bonds is 3. The number of ether oxygens (including phenoxy) is 1. The molecule has 0 spiro atoms. The van der Waals surface area contributed by atoms with Gasteiger partial charge in [-0.25, -0.2) is 9.69 Å². The van der Waals surface area contributed by atoms with Gasteiger partial charge < -0.3 is 4.74 Å². The number of benzene rings is 2. The maximum atomic E-state index is 12.7. The predicted molar refractivity (Wildman–Crippen MR) is 89.2 cm³/mol. The molecule has 2 aromatic carbocycles. The Labute approximate surface area is 148 Å². The van der Waals surface area contributed by atoms with Gasteiger partial charge in [0.1, 0.15) is 19.2 Å². The van der Waals surface area contributed by atoms with Crippen LogP contribution in [0.2, 0.25) is 0 Å². The molecule has 1 fully saturated rings. The van der Waals surface area contributed by atoms with Crippen LogP contribution in [0.4, 0.5) is 4.79 Å². The fraction of sp³-hybridized carbons (Fsp3) is 0.158. The van der Waals surface area contributed by atoms with Crippen LogP contribution in [-0.4, -0.2) is 46.8 Å². The minimum Gasteiger partial charge on any atom is -0.446 e. The van der Waals surface area contributed by atoms with Gasteiger partial charge in [-0.1, -0.05) is 42.5 Å². The Hall–Kier alpha value is -3.48. The van der Waals surface area contributed by atoms with Crippen molar-refractivity contribution in [3.63, 3.8) is 0 Å². The number of nitrogens with zero attached hydrogens (tertiary/aromatic N) is 2. The number of carbonyl (C=O) groups is 4. The number of imide groups is 2. The van der Waals surface area contributed by atoms with E-state index >= 15 is 0 Å². The van der Waals surface area contributed by atoms with Gasteiger partial charge in [-0.3, -0.25) is 19.3 Å². The normalized spacial score (nSPS) is 18.9. The Morgan fingerprint density at radius 3 is 2.12 bits per heavy atom. The topological polar surface area (TPSA) is 84.0 Å². The monoisotopic (exact) mass is 350 g/mol. The summed E-state index contributed by atoms with van der Waals surface area (Å²) in [5.74, 6) is -1.73. The van der Waals surface area contributed by atoms with E-state index in [9.17, 15) is 19.2 Å². The Morgan fingerprint density at radius 2 is 1.50 bits per heavy atom. The van der Waals surface area contributed by atoms with Gasteiger partial charge in [0.05, 0.1) is 11.1 Å². The zero-order valence-corrected chi connectivity index (χ0v) is 13.6. The third kappa shape index (κ3) is 2.45. The first-order chi connectivity index (χ1) is 12.6. The number of cyclic esters (lactones) is 1. The van der Waals surface area contributed by atoms with Crippen molar-refractivity contribution >= 4 is 23.8 Å². The zero-order chi connectivity index (χ0) is 18.3. The molecule has 4 rings (SSSR count). The molecule has 0 unspecified atom stereocenters. The molecular weight excluding hydrogens is 336 g/mol. The van der Waals surface area contributed by atoms with Crippen LogP contribution in [0.5, 0.6) is 0 Å². The molecule has 1 atom stereocenters. The van der Waals surface area contributed by atoms with Crippen molar-refractivity contribution in [3.8, 4) is 0 Å². The summed E-state index contributed by atoms with van der Waals surface area (Å²) in [6, 6.07) is 14.8. The first-order valence-corrected chi connectivity index (χ1v) is 8.07. The highest BCUT2D eigenvalue weighted by Crippen LogP contribution is 2.29. The van der Waals surface area contributed by atoms with E-state index < -0.39 is 36.4 Å². The van der Waals surface area contributed by atoms with Gasteiger partial charge in [0.15, 0.2) is 0 Å². The molecule has 2 heterocycles. The second kappa shape index (κ2) is 6.11. The number of hydrogen-bond acceptors (Lipinski definition) is 5. The average Bonchev–Trinajstić information content (AvgIpc) is 3.16. The van der Waals surface area contributed by atoms with Crippen LogP contribution in [0.15, 0.2) is 54.6 Å². The Bertz CT molecular complexity index is 890. The molecule has 0 N–H and O–H groups in total. The summed E-state index contributed by atoms with van der Waals surface area (Å²) in [7, 11) is 0. The quantitative estimate of drug-likeness (QED) is 0.791. The van der Waals surface area contributed by atoms with Gasteiger partial charge in [-0.2, -0.15) is 0 Å². The van der Waals surface area contributed by atoms with Crippen LogP contribution in [-0.2, 0) is 9.53 Å². The maximum Gasteiger partial charge on any atom is 0.417 e. The molecule has 7 nitrogen and oxygen atoms in total. The first-order valence-electron chi connectivity index (χ1n) is 8.07. The second-order valence-corrected chi connectivity index (χ2v) is 6.01. The van der Waals surface area contributed by atoms with Gasteiger partial charge in [-0.05, 0) is 17.7 Å². The molecule has 0 saturated carbocycles. The molecule has 0 radical (unpaired) electrons. The smallest absolute Gasteiger partial charge is 0.417 e. The average molecular weight is 350 g/mol. The SMILES string of the molecule is O=C1c2ccccc2C(=O)N1CC(=O)N1C(=O)OC[C@H]1c1ccccc1. The molecule has 26 heavy (non-hydrogen) atoms. The van der Waals surface area contributed by atoms with Crippen molar-refractivity contribution in [2.24, 2.45) is 0 Å². The van der Waals surface area contributed by atoms with Crippen molar-refractivity contribution in [3.05, 3.63) is 71.3 Å². The molecule has 4 amide bonds. The van der Waals surface area contributed by atoms with Crippen molar-refractivity contribution < 1.29 is 23.9 Å². The predicted octanol–water partition coefficient (Wildman–Crippen LogP) is 2.00. The second-order valence-electron chi connectivity index (χ2n) is 6.01. The van der Waals surface area contributed by atoms with E-state index in [0.29, 0.717) is 0 Å². The summed E-state index contributed by atoms with van der Waals surface area (Å²) in [4.78, 5) is 51.4. The van der Waals surface area contributed by atoms with Gasteiger partial charge >= 0.3 is 6.09 Å². The van der Waals surface area contributed by atoms with Crippen molar-refractivity contribution in [1.29, 1.82) is 0 Å². The number of hydrogen-bond donors (Lipinski definition) is 0. The highest BCUT2D eigenvalue weighted by atomic mass is 16.6. The molecular formula is C19H14N2O5. The van der Waals surface area contributed by atoms with Crippen LogP contribution in [0, 0.1) is 0 Å². The summed E-state index contributed by atoms with van der Waals surface area (Å²) in [6.07, 6.45) is -0.777. The summed E-state index contributed by atoms with van der Waals surface area (Å²) in [5, 5.41) is 0. The number of amides is 4. The highest BCUT2D eigenvalue weighted by Gasteiger charge is 2.42. The largest absolute Gasteiger partial charge is 0.446 e. The van der Waals surface area contributed by atoms with Crippen LogP contribution >= 0.6 is 0 Å². The summed E-state index contributed by atoms with van der Waals surface area (Å²) < 4.78 is 5.01. The minimum atomic E-state index is -0.777. The van der Waals surface area contributed by atoms with Gasteiger partial charge in [0.2, 0.25) is 0 Å². The van der Waals surface area contributed by atoms with Crippen LogP contribution in [0.1, 0.15) is 32.3 Å². The zero-order valence-electron chi connectivity index (χ0n) is 13.6. The van der Waals surface area contributed by atoms with Crippen LogP contribution in [0.25, 0.3) is 0 Å². The highest BCUT2D eigenvalue weighted by molar-refractivity contribution is 6.22. The Morgan fingerprint density at radius 1 is 0.923 bits per heavy atom. The molecule has 2 aliphatic heterocycles. The minimum absolute atomic E-state index is 0.0384. The Balaban J connectivity index is 1.57. The van der Waals surface area contributed by atoms with E-state index in [0.717, 1.165) is 15.4 Å². The van der Waals surface area contributed by atoms with E-state index in [4.69, 9.17) is 4.74 Å². The summed E-state index contributed by atoms with van der Waals surface area (Å²) in [5.41, 5.74) is 1.26. The molecule has 0 aliphatic carbocycles. The lowest BCUT2D eigenvalue weighted by molar-refractivity contribution is -0.129. The standard InChI is InChI=1S/C19H14N2O5/c22-16(10-20-17(23)13-8-4-5-9-14(13)18(20)24)21-15(11-26-19(21)25)12-6-2-1-3-7-12/h1-9,15H,10-11H2/t15-/m0/s1. The van der Waals surface area contributed by atoms with E-state index in [1.165, 1.54) is 12.1 Å². The third-order valence-electron chi connectivity index (χ3n) is 4.50. The summed E-state index contributed by atoms with van der Waals surface area (Å²) >= 11 is 0. The number of fused-ring (bicyclic) bond motifs is 1. The van der Waals surface area contributed by atoms with E-state index in [1.54, 1.807) is 36.4 Å². The molecule has 2 aromatic rings. The van der Waals surface area contributed by atoms with Crippen LogP contribution in [0.3, 0.4) is 0 Å². The van der Waals surface area contributed by atoms with Gasteiger partial charge in [0, 0.05) is 0 Å². The maximum absolute atomic E-state index is 12.7. The third-order valence-corrected chi connectivity index (χ3v) is 4.50. The molecule has 1 saturated heterocycles. The van der Waals surface area contributed by atoms with Gasteiger partial charge in [0.25, 0.3) is 17.7 Å². The molecule has 0 aromatic heterocycles. The summed E-state index contributed by atoms with van der Waals surface area (Å²) in [6.45, 7) is -0.471. The van der Waals surface area contributed by atoms with Crippen LogP contribution < -0.4 is 0 Å². The van der Waals surface area contributed by atoms with Crippen molar-refractivity contribution in [2.45, 2.75) is 6.04 Å². The Kier molecular flexibility index (Phi) is 3.76. The fourth-order valence-corrected chi connectivity index (χ4v) is 3.21. The number of carbonyl (C=O) groups excluding carboxylic acids is 4. The molecule has 7 heteroatoms. The fourth-order valence-electron chi connectivity index (χ4n) is 3.21. The van der Waals surface area contributed by atoms with E-state index in [-0.39, 0.29) is 17.7 Å². The van der Waals surface area contributed by atoms with Gasteiger partial charge in [-0.15, -0.1) is 0 Å². The lowest BCUT2D eigenvalue weighted by Crippen LogP contribution is -2.44.